The zero-order valence-corrected chi connectivity index (χ0v) is 12.8. The number of rotatable bonds is 7. The van der Waals surface area contributed by atoms with E-state index in [-0.39, 0.29) is 11.9 Å². The SMILES string of the molecule is CCC(C)N(CCOC)C(=O)c1ccc(NN)c(C)c1. The maximum Gasteiger partial charge on any atom is 0.254 e. The van der Waals surface area contributed by atoms with Gasteiger partial charge in [-0.15, -0.1) is 0 Å². The molecule has 1 aromatic carbocycles. The van der Waals surface area contributed by atoms with Crippen LogP contribution in [0, 0.1) is 6.92 Å². The Bertz CT molecular complexity index is 449. The van der Waals surface area contributed by atoms with Crippen molar-refractivity contribution in [3.05, 3.63) is 29.3 Å². The minimum Gasteiger partial charge on any atom is -0.383 e. The molecule has 0 heterocycles. The number of carbonyl (C=O) groups excluding carboxylic acids is 1. The first-order valence-electron chi connectivity index (χ1n) is 6.92. The van der Waals surface area contributed by atoms with Crippen molar-refractivity contribution < 1.29 is 9.53 Å². The third-order valence-corrected chi connectivity index (χ3v) is 3.55. The van der Waals surface area contributed by atoms with E-state index in [1.807, 2.05) is 24.0 Å². The van der Waals surface area contributed by atoms with Gasteiger partial charge in [-0.05, 0) is 44.0 Å². The summed E-state index contributed by atoms with van der Waals surface area (Å²) in [4.78, 5) is 14.5. The van der Waals surface area contributed by atoms with Crippen LogP contribution in [0.15, 0.2) is 18.2 Å². The fourth-order valence-electron chi connectivity index (χ4n) is 2.06. The lowest BCUT2D eigenvalue weighted by molar-refractivity contribution is 0.0614. The summed E-state index contributed by atoms with van der Waals surface area (Å²) in [6.45, 7) is 7.19. The molecule has 1 atom stereocenters. The van der Waals surface area contributed by atoms with Crippen LogP contribution >= 0.6 is 0 Å². The molecule has 0 saturated carbocycles. The monoisotopic (exact) mass is 279 g/mol. The molecule has 5 heteroatoms. The minimum absolute atomic E-state index is 0.0306. The summed E-state index contributed by atoms with van der Waals surface area (Å²) >= 11 is 0. The number of carbonyl (C=O) groups is 1. The van der Waals surface area contributed by atoms with Crippen LogP contribution in [0.1, 0.15) is 36.2 Å². The van der Waals surface area contributed by atoms with Gasteiger partial charge in [0.15, 0.2) is 0 Å². The Hall–Kier alpha value is -1.59. The van der Waals surface area contributed by atoms with Crippen LogP contribution in [0.25, 0.3) is 0 Å². The Morgan fingerprint density at radius 3 is 2.70 bits per heavy atom. The molecule has 3 N–H and O–H groups in total. The molecule has 0 aliphatic rings. The Balaban J connectivity index is 2.96. The van der Waals surface area contributed by atoms with Crippen molar-refractivity contribution in [3.63, 3.8) is 0 Å². The first-order chi connectivity index (χ1) is 9.54. The van der Waals surface area contributed by atoms with Gasteiger partial charge in [0.1, 0.15) is 0 Å². The smallest absolute Gasteiger partial charge is 0.254 e. The Morgan fingerprint density at radius 2 is 2.20 bits per heavy atom. The van der Waals surface area contributed by atoms with Gasteiger partial charge in [0.05, 0.1) is 12.3 Å². The van der Waals surface area contributed by atoms with Crippen molar-refractivity contribution >= 4 is 11.6 Å². The van der Waals surface area contributed by atoms with Crippen LogP contribution in [0.5, 0.6) is 0 Å². The highest BCUT2D eigenvalue weighted by molar-refractivity contribution is 5.95. The van der Waals surface area contributed by atoms with E-state index >= 15 is 0 Å². The molecule has 112 valence electrons. The highest BCUT2D eigenvalue weighted by Crippen LogP contribution is 2.18. The number of amides is 1. The van der Waals surface area contributed by atoms with Crippen LogP contribution in [0.2, 0.25) is 0 Å². The molecule has 0 aliphatic carbocycles. The quantitative estimate of drug-likeness (QED) is 0.593. The topological polar surface area (TPSA) is 67.6 Å². The summed E-state index contributed by atoms with van der Waals surface area (Å²) in [5, 5.41) is 0. The maximum absolute atomic E-state index is 12.6. The summed E-state index contributed by atoms with van der Waals surface area (Å²) in [6.07, 6.45) is 0.914. The van der Waals surface area contributed by atoms with E-state index in [9.17, 15) is 4.79 Å². The number of ether oxygens (including phenoxy) is 1. The van der Waals surface area contributed by atoms with Crippen LogP contribution in [0.4, 0.5) is 5.69 Å². The van der Waals surface area contributed by atoms with Gasteiger partial charge in [0, 0.05) is 25.3 Å². The number of benzene rings is 1. The molecule has 1 amide bonds. The molecule has 1 aromatic rings. The van der Waals surface area contributed by atoms with Crippen LogP contribution in [-0.2, 0) is 4.74 Å². The third kappa shape index (κ3) is 3.95. The second-order valence-electron chi connectivity index (χ2n) is 4.92. The third-order valence-electron chi connectivity index (χ3n) is 3.55. The van der Waals surface area contributed by atoms with Gasteiger partial charge < -0.3 is 15.1 Å². The van der Waals surface area contributed by atoms with E-state index in [0.717, 1.165) is 17.7 Å². The molecule has 1 rings (SSSR count). The summed E-state index contributed by atoms with van der Waals surface area (Å²) in [7, 11) is 1.64. The number of methoxy groups -OCH3 is 1. The van der Waals surface area contributed by atoms with Gasteiger partial charge in [0.25, 0.3) is 5.91 Å². The van der Waals surface area contributed by atoms with Gasteiger partial charge in [-0.25, -0.2) is 0 Å². The summed E-state index contributed by atoms with van der Waals surface area (Å²) in [6, 6.07) is 5.67. The van der Waals surface area contributed by atoms with Gasteiger partial charge in [0.2, 0.25) is 0 Å². The van der Waals surface area contributed by atoms with Crippen molar-refractivity contribution in [1.29, 1.82) is 0 Å². The average molecular weight is 279 g/mol. The minimum atomic E-state index is 0.0306. The van der Waals surface area contributed by atoms with E-state index < -0.39 is 0 Å². The second-order valence-corrected chi connectivity index (χ2v) is 4.92. The molecule has 0 aliphatic heterocycles. The van der Waals surface area contributed by atoms with Crippen LogP contribution in [-0.4, -0.2) is 37.1 Å². The molecule has 5 nitrogen and oxygen atoms in total. The fourth-order valence-corrected chi connectivity index (χ4v) is 2.06. The van der Waals surface area contributed by atoms with Crippen molar-refractivity contribution in [2.45, 2.75) is 33.2 Å². The molecule has 20 heavy (non-hydrogen) atoms. The van der Waals surface area contributed by atoms with Gasteiger partial charge in [-0.2, -0.15) is 0 Å². The van der Waals surface area contributed by atoms with Gasteiger partial charge >= 0.3 is 0 Å². The molecule has 0 aromatic heterocycles. The normalized spacial score (nSPS) is 12.1. The fraction of sp³-hybridized carbons (Fsp3) is 0.533. The summed E-state index contributed by atoms with van der Waals surface area (Å²) in [5.41, 5.74) is 5.07. The lowest BCUT2D eigenvalue weighted by atomic mass is 10.1. The first kappa shape index (κ1) is 16.5. The Morgan fingerprint density at radius 1 is 1.50 bits per heavy atom. The van der Waals surface area contributed by atoms with Crippen molar-refractivity contribution in [1.82, 2.24) is 4.90 Å². The van der Waals surface area contributed by atoms with Crippen molar-refractivity contribution in [3.8, 4) is 0 Å². The largest absolute Gasteiger partial charge is 0.383 e. The van der Waals surface area contributed by atoms with E-state index in [1.54, 1.807) is 13.2 Å². The van der Waals surface area contributed by atoms with Gasteiger partial charge in [-0.1, -0.05) is 6.92 Å². The molecule has 0 bridgehead atoms. The average Bonchev–Trinajstić information content (AvgIpc) is 2.46. The highest BCUT2D eigenvalue weighted by atomic mass is 16.5. The number of aryl methyl sites for hydroxylation is 1. The highest BCUT2D eigenvalue weighted by Gasteiger charge is 2.20. The lowest BCUT2D eigenvalue weighted by Crippen LogP contribution is -2.40. The van der Waals surface area contributed by atoms with Crippen molar-refractivity contribution in [2.75, 3.05) is 25.7 Å². The molecule has 0 saturated heterocycles. The maximum atomic E-state index is 12.6. The van der Waals surface area contributed by atoms with Crippen molar-refractivity contribution in [2.24, 2.45) is 5.84 Å². The summed E-state index contributed by atoms with van der Waals surface area (Å²) in [5.74, 6) is 5.44. The zero-order chi connectivity index (χ0) is 15.1. The molecule has 0 fully saturated rings. The predicted molar refractivity (Wildman–Crippen MR) is 81.7 cm³/mol. The number of hydrogen-bond donors (Lipinski definition) is 2. The van der Waals surface area contributed by atoms with E-state index in [2.05, 4.69) is 19.3 Å². The molecular weight excluding hydrogens is 254 g/mol. The summed E-state index contributed by atoms with van der Waals surface area (Å²) < 4.78 is 5.09. The first-order valence-corrected chi connectivity index (χ1v) is 6.92. The van der Waals surface area contributed by atoms with E-state index in [4.69, 9.17) is 10.6 Å². The Kier molecular flexibility index (Phi) is 6.48. The van der Waals surface area contributed by atoms with E-state index in [0.29, 0.717) is 18.7 Å². The predicted octanol–water partition coefficient (Wildman–Crippen LogP) is 2.17. The number of hydrogen-bond acceptors (Lipinski definition) is 4. The number of nitrogen functional groups attached to an aromatic ring is 1. The van der Waals surface area contributed by atoms with Crippen LogP contribution in [0.3, 0.4) is 0 Å². The number of nitrogens with two attached hydrogens (primary N) is 1. The molecular formula is C15H25N3O2. The van der Waals surface area contributed by atoms with E-state index in [1.165, 1.54) is 0 Å². The number of anilines is 1. The standard InChI is InChI=1S/C15H25N3O2/c1-5-12(3)18(8-9-20-4)15(19)13-6-7-14(17-16)11(2)10-13/h6-7,10,12,17H,5,8-9,16H2,1-4H3. The molecule has 1 unspecified atom stereocenters. The second kappa shape index (κ2) is 7.87. The lowest BCUT2D eigenvalue weighted by Gasteiger charge is -2.28. The molecule has 0 radical (unpaired) electrons. The number of hydrazine groups is 1. The molecule has 0 spiro atoms. The Labute approximate surface area is 121 Å². The number of nitrogens with zero attached hydrogens (tertiary/aromatic N) is 1. The van der Waals surface area contributed by atoms with Gasteiger partial charge in [-0.3, -0.25) is 10.6 Å². The zero-order valence-electron chi connectivity index (χ0n) is 12.8. The van der Waals surface area contributed by atoms with Crippen LogP contribution < -0.4 is 11.3 Å². The number of nitrogens with one attached hydrogen (secondary N) is 1.